The molecule has 6 heteroatoms. The Morgan fingerprint density at radius 3 is 2.38 bits per heavy atom. The summed E-state index contributed by atoms with van der Waals surface area (Å²) in [5.74, 6) is -0.897. The second-order valence-electron chi connectivity index (χ2n) is 5.79. The van der Waals surface area contributed by atoms with Gasteiger partial charge in [-0.25, -0.2) is 5.43 Å². The van der Waals surface area contributed by atoms with Crippen LogP contribution in [0.5, 0.6) is 5.75 Å². The normalized spacial score (nSPS) is 10.5. The summed E-state index contributed by atoms with van der Waals surface area (Å²) in [5.41, 5.74) is 4.68. The predicted molar refractivity (Wildman–Crippen MR) is 102 cm³/mol. The molecule has 0 saturated heterocycles. The molecule has 0 unspecified atom stereocenters. The van der Waals surface area contributed by atoms with Crippen LogP contribution in [0.1, 0.15) is 30.9 Å². The molecule has 26 heavy (non-hydrogen) atoms. The number of ether oxygens (including phenoxy) is 1. The molecule has 0 aliphatic rings. The number of carbonyl (C=O) groups excluding carboxylic acids is 2. The van der Waals surface area contributed by atoms with Gasteiger partial charge in [-0.1, -0.05) is 43.2 Å². The Labute approximate surface area is 153 Å². The van der Waals surface area contributed by atoms with Gasteiger partial charge in [0.2, 0.25) is 0 Å². The Bertz CT molecular complexity index is 753. The highest BCUT2D eigenvalue weighted by Gasteiger charge is 2.12. The number of nitrogens with zero attached hydrogens (tertiary/aromatic N) is 1. The van der Waals surface area contributed by atoms with Gasteiger partial charge in [-0.05, 0) is 43.2 Å². The molecule has 2 aromatic carbocycles. The molecule has 136 valence electrons. The minimum absolute atomic E-state index is 0.510. The first-order chi connectivity index (χ1) is 12.6. The lowest BCUT2D eigenvalue weighted by atomic mass is 10.2. The van der Waals surface area contributed by atoms with Crippen LogP contribution < -0.4 is 15.5 Å². The third-order valence-corrected chi connectivity index (χ3v) is 3.54. The van der Waals surface area contributed by atoms with Crippen LogP contribution in [-0.2, 0) is 9.59 Å². The highest BCUT2D eigenvalue weighted by atomic mass is 16.5. The fraction of sp³-hybridized carbons (Fsp3) is 0.250. The zero-order chi connectivity index (χ0) is 18.8. The van der Waals surface area contributed by atoms with Crippen LogP contribution in [0.2, 0.25) is 0 Å². The van der Waals surface area contributed by atoms with Crippen molar-refractivity contribution in [3.05, 3.63) is 59.7 Å². The quantitative estimate of drug-likeness (QED) is 0.347. The van der Waals surface area contributed by atoms with Crippen molar-refractivity contribution >= 4 is 23.7 Å². The van der Waals surface area contributed by atoms with Gasteiger partial charge in [0, 0.05) is 5.69 Å². The number of hydrogen-bond acceptors (Lipinski definition) is 4. The van der Waals surface area contributed by atoms with Crippen molar-refractivity contribution in [3.63, 3.8) is 0 Å². The van der Waals surface area contributed by atoms with E-state index in [0.29, 0.717) is 12.3 Å². The molecule has 0 aliphatic carbocycles. The van der Waals surface area contributed by atoms with Crippen LogP contribution in [0.3, 0.4) is 0 Å². The highest BCUT2D eigenvalue weighted by Crippen LogP contribution is 2.16. The van der Waals surface area contributed by atoms with Crippen LogP contribution in [0.4, 0.5) is 5.69 Å². The molecule has 2 rings (SSSR count). The fourth-order valence-corrected chi connectivity index (χ4v) is 2.03. The number of aryl methyl sites for hydroxylation is 1. The minimum atomic E-state index is -0.836. The van der Waals surface area contributed by atoms with Gasteiger partial charge < -0.3 is 10.1 Å². The summed E-state index contributed by atoms with van der Waals surface area (Å²) in [6.45, 7) is 4.73. The number of anilines is 1. The van der Waals surface area contributed by atoms with Gasteiger partial charge in [0.05, 0.1) is 12.8 Å². The van der Waals surface area contributed by atoms with Gasteiger partial charge >= 0.3 is 11.8 Å². The van der Waals surface area contributed by atoms with Crippen molar-refractivity contribution in [1.29, 1.82) is 0 Å². The summed E-state index contributed by atoms with van der Waals surface area (Å²) in [6.07, 6.45) is 3.53. The van der Waals surface area contributed by atoms with Crippen molar-refractivity contribution in [2.24, 2.45) is 5.10 Å². The number of amides is 2. The van der Waals surface area contributed by atoms with E-state index in [1.54, 1.807) is 24.3 Å². The zero-order valence-corrected chi connectivity index (χ0v) is 15.0. The first-order valence-corrected chi connectivity index (χ1v) is 8.52. The minimum Gasteiger partial charge on any atom is -0.494 e. The van der Waals surface area contributed by atoms with Gasteiger partial charge in [-0.3, -0.25) is 9.59 Å². The molecule has 0 fully saturated rings. The summed E-state index contributed by atoms with van der Waals surface area (Å²) in [7, 11) is 0. The molecule has 6 nitrogen and oxygen atoms in total. The van der Waals surface area contributed by atoms with E-state index in [4.69, 9.17) is 4.74 Å². The molecule has 0 atom stereocenters. The fourth-order valence-electron chi connectivity index (χ4n) is 2.03. The SMILES string of the molecule is CCCCOc1ccc(NC(=O)C(=O)N/N=C\c2ccc(C)cc2)cc1. The summed E-state index contributed by atoms with van der Waals surface area (Å²) in [6, 6.07) is 14.5. The molecule has 0 spiro atoms. The predicted octanol–water partition coefficient (Wildman–Crippen LogP) is 3.26. The van der Waals surface area contributed by atoms with E-state index in [0.717, 1.165) is 29.7 Å². The molecule has 0 radical (unpaired) electrons. The van der Waals surface area contributed by atoms with Crippen LogP contribution in [-0.4, -0.2) is 24.6 Å². The molecule has 0 saturated carbocycles. The second-order valence-corrected chi connectivity index (χ2v) is 5.79. The monoisotopic (exact) mass is 353 g/mol. The van der Waals surface area contributed by atoms with E-state index in [1.807, 2.05) is 31.2 Å². The summed E-state index contributed by atoms with van der Waals surface area (Å²) in [5, 5.41) is 6.30. The van der Waals surface area contributed by atoms with Crippen molar-refractivity contribution in [2.45, 2.75) is 26.7 Å². The van der Waals surface area contributed by atoms with Gasteiger partial charge in [-0.15, -0.1) is 0 Å². The molecular formula is C20H23N3O3. The Morgan fingerprint density at radius 2 is 1.73 bits per heavy atom. The van der Waals surface area contributed by atoms with Gasteiger partial charge in [0.1, 0.15) is 5.75 Å². The molecule has 0 heterocycles. The summed E-state index contributed by atoms with van der Waals surface area (Å²) in [4.78, 5) is 23.6. The number of unbranched alkanes of at least 4 members (excludes halogenated alkanes) is 1. The number of rotatable bonds is 7. The number of hydrazone groups is 1. The number of carbonyl (C=O) groups is 2. The largest absolute Gasteiger partial charge is 0.494 e. The Morgan fingerprint density at radius 1 is 1.04 bits per heavy atom. The molecule has 0 bridgehead atoms. The maximum atomic E-state index is 11.9. The smallest absolute Gasteiger partial charge is 0.329 e. The average molecular weight is 353 g/mol. The number of benzene rings is 2. The Kier molecular flexibility index (Phi) is 7.36. The molecule has 0 aliphatic heterocycles. The summed E-state index contributed by atoms with van der Waals surface area (Å²) >= 11 is 0. The first kappa shape index (κ1) is 19.2. The molecular weight excluding hydrogens is 330 g/mol. The third-order valence-electron chi connectivity index (χ3n) is 3.54. The highest BCUT2D eigenvalue weighted by molar-refractivity contribution is 6.39. The van der Waals surface area contributed by atoms with Crippen molar-refractivity contribution in [3.8, 4) is 5.75 Å². The lowest BCUT2D eigenvalue weighted by molar-refractivity contribution is -0.136. The summed E-state index contributed by atoms with van der Waals surface area (Å²) < 4.78 is 5.55. The van der Waals surface area contributed by atoms with Crippen LogP contribution in [0, 0.1) is 6.92 Å². The van der Waals surface area contributed by atoms with Crippen LogP contribution in [0.25, 0.3) is 0 Å². The average Bonchev–Trinajstić information content (AvgIpc) is 2.65. The van der Waals surface area contributed by atoms with Crippen molar-refractivity contribution in [1.82, 2.24) is 5.43 Å². The van der Waals surface area contributed by atoms with E-state index in [9.17, 15) is 9.59 Å². The number of nitrogens with one attached hydrogen (secondary N) is 2. The van der Waals surface area contributed by atoms with Crippen LogP contribution in [0.15, 0.2) is 53.6 Å². The maximum absolute atomic E-state index is 11.9. The number of hydrogen-bond donors (Lipinski definition) is 2. The topological polar surface area (TPSA) is 79.8 Å². The van der Waals surface area contributed by atoms with E-state index in [-0.39, 0.29) is 0 Å². The van der Waals surface area contributed by atoms with Gasteiger partial charge in [0.15, 0.2) is 0 Å². The maximum Gasteiger partial charge on any atom is 0.329 e. The van der Waals surface area contributed by atoms with E-state index in [2.05, 4.69) is 22.8 Å². The molecule has 2 amide bonds. The standard InChI is InChI=1S/C20H23N3O3/c1-3-4-13-26-18-11-9-17(10-12-18)22-19(24)20(25)23-21-14-16-7-5-15(2)6-8-16/h5-12,14H,3-4,13H2,1-2H3,(H,22,24)(H,23,25)/b21-14-. The van der Waals surface area contributed by atoms with Crippen LogP contribution >= 0.6 is 0 Å². The Hall–Kier alpha value is -3.15. The lowest BCUT2D eigenvalue weighted by Gasteiger charge is -2.07. The second kappa shape index (κ2) is 9.98. The Balaban J connectivity index is 1.80. The van der Waals surface area contributed by atoms with Crippen molar-refractivity contribution in [2.75, 3.05) is 11.9 Å². The molecule has 2 N–H and O–H groups in total. The van der Waals surface area contributed by atoms with Gasteiger partial charge in [-0.2, -0.15) is 5.10 Å². The molecule has 0 aromatic heterocycles. The first-order valence-electron chi connectivity index (χ1n) is 8.52. The molecule has 2 aromatic rings. The third kappa shape index (κ3) is 6.39. The van der Waals surface area contributed by atoms with E-state index in [1.165, 1.54) is 6.21 Å². The van der Waals surface area contributed by atoms with Crippen molar-refractivity contribution < 1.29 is 14.3 Å². The van der Waals surface area contributed by atoms with E-state index >= 15 is 0 Å². The van der Waals surface area contributed by atoms with E-state index < -0.39 is 11.8 Å². The zero-order valence-electron chi connectivity index (χ0n) is 15.0. The lowest BCUT2D eigenvalue weighted by Crippen LogP contribution is -2.32. The van der Waals surface area contributed by atoms with Gasteiger partial charge in [0.25, 0.3) is 0 Å².